The van der Waals surface area contributed by atoms with Crippen molar-refractivity contribution in [2.75, 3.05) is 17.9 Å². The SMILES string of the molecule is O=[N+]([O-])c1ccc(S(=O)(=O)Nc2ccc(OCCOc3ccccc3)cc2)cc1. The fourth-order valence-electron chi connectivity index (χ4n) is 2.42. The van der Waals surface area contributed by atoms with E-state index in [1.807, 2.05) is 30.3 Å². The third-order valence-corrected chi connectivity index (χ3v) is 5.23. The standard InChI is InChI=1S/C20H18N2O6S/c23-22(24)17-8-12-20(13-9-17)29(25,26)21-16-6-10-19(11-7-16)28-15-14-27-18-4-2-1-3-5-18/h1-13,21H,14-15H2. The van der Waals surface area contributed by atoms with Crippen molar-refractivity contribution in [3.05, 3.63) is 89.0 Å². The first-order valence-electron chi connectivity index (χ1n) is 8.62. The lowest BCUT2D eigenvalue weighted by molar-refractivity contribution is -0.384. The fraction of sp³-hybridized carbons (Fsp3) is 0.100. The van der Waals surface area contributed by atoms with Gasteiger partial charge in [-0.3, -0.25) is 14.8 Å². The molecule has 3 rings (SSSR count). The number of nitro groups is 1. The molecule has 0 radical (unpaired) electrons. The van der Waals surface area contributed by atoms with Crippen molar-refractivity contribution >= 4 is 21.4 Å². The zero-order valence-electron chi connectivity index (χ0n) is 15.2. The van der Waals surface area contributed by atoms with Gasteiger partial charge in [-0.25, -0.2) is 8.42 Å². The summed E-state index contributed by atoms with van der Waals surface area (Å²) < 4.78 is 38.3. The van der Waals surface area contributed by atoms with Crippen molar-refractivity contribution in [1.82, 2.24) is 0 Å². The lowest BCUT2D eigenvalue weighted by Gasteiger charge is -2.10. The average molecular weight is 414 g/mol. The predicted octanol–water partition coefficient (Wildman–Crippen LogP) is 3.85. The summed E-state index contributed by atoms with van der Waals surface area (Å²) >= 11 is 0. The molecule has 0 spiro atoms. The van der Waals surface area contributed by atoms with Crippen LogP contribution < -0.4 is 14.2 Å². The number of nitrogens with one attached hydrogen (secondary N) is 1. The summed E-state index contributed by atoms with van der Waals surface area (Å²) in [6.07, 6.45) is 0. The number of ether oxygens (including phenoxy) is 2. The number of para-hydroxylation sites is 1. The lowest BCUT2D eigenvalue weighted by atomic mass is 10.3. The second kappa shape index (κ2) is 9.07. The molecule has 150 valence electrons. The molecule has 0 aromatic heterocycles. The van der Waals surface area contributed by atoms with Gasteiger partial charge in [-0.05, 0) is 48.5 Å². The first kappa shape index (κ1) is 20.2. The van der Waals surface area contributed by atoms with E-state index >= 15 is 0 Å². The monoisotopic (exact) mass is 414 g/mol. The summed E-state index contributed by atoms with van der Waals surface area (Å²) in [5.74, 6) is 1.33. The number of nitrogens with zero attached hydrogens (tertiary/aromatic N) is 1. The van der Waals surface area contributed by atoms with E-state index in [0.717, 1.165) is 17.9 Å². The molecule has 0 fully saturated rings. The molecule has 0 heterocycles. The number of non-ortho nitro benzene ring substituents is 1. The molecule has 0 aliphatic rings. The molecular formula is C20H18N2O6S. The van der Waals surface area contributed by atoms with E-state index in [2.05, 4.69) is 4.72 Å². The Labute approximate surface area is 167 Å². The van der Waals surface area contributed by atoms with E-state index in [-0.39, 0.29) is 10.6 Å². The number of hydrogen-bond donors (Lipinski definition) is 1. The van der Waals surface area contributed by atoms with E-state index in [1.165, 1.54) is 12.1 Å². The van der Waals surface area contributed by atoms with Crippen molar-refractivity contribution < 1.29 is 22.8 Å². The highest BCUT2D eigenvalue weighted by Crippen LogP contribution is 2.21. The summed E-state index contributed by atoms with van der Waals surface area (Å²) in [6, 6.07) is 20.4. The van der Waals surface area contributed by atoms with Gasteiger partial charge in [0.15, 0.2) is 0 Å². The van der Waals surface area contributed by atoms with Gasteiger partial charge in [0.05, 0.1) is 9.82 Å². The van der Waals surface area contributed by atoms with Gasteiger partial charge in [0.2, 0.25) is 0 Å². The minimum atomic E-state index is -3.85. The van der Waals surface area contributed by atoms with Crippen molar-refractivity contribution in [1.29, 1.82) is 0 Å². The molecule has 0 unspecified atom stereocenters. The number of benzene rings is 3. The van der Waals surface area contributed by atoms with Crippen LogP contribution in [0.15, 0.2) is 83.8 Å². The Bertz CT molecular complexity index is 1050. The van der Waals surface area contributed by atoms with E-state index in [4.69, 9.17) is 9.47 Å². The van der Waals surface area contributed by atoms with Gasteiger partial charge in [0.1, 0.15) is 24.7 Å². The maximum absolute atomic E-state index is 12.4. The van der Waals surface area contributed by atoms with Crippen LogP contribution in [0.4, 0.5) is 11.4 Å². The number of hydrogen-bond acceptors (Lipinski definition) is 6. The maximum atomic E-state index is 12.4. The summed E-state index contributed by atoms with van der Waals surface area (Å²) in [7, 11) is -3.85. The van der Waals surface area contributed by atoms with Gasteiger partial charge in [0.25, 0.3) is 15.7 Å². The molecule has 0 bridgehead atoms. The van der Waals surface area contributed by atoms with E-state index in [1.54, 1.807) is 24.3 Å². The van der Waals surface area contributed by atoms with E-state index in [0.29, 0.717) is 24.7 Å². The first-order valence-corrected chi connectivity index (χ1v) is 10.1. The number of rotatable bonds is 9. The zero-order valence-corrected chi connectivity index (χ0v) is 16.0. The van der Waals surface area contributed by atoms with Gasteiger partial charge in [-0.1, -0.05) is 18.2 Å². The lowest BCUT2D eigenvalue weighted by Crippen LogP contribution is -2.13. The van der Waals surface area contributed by atoms with Gasteiger partial charge in [-0.15, -0.1) is 0 Å². The highest BCUT2D eigenvalue weighted by molar-refractivity contribution is 7.92. The highest BCUT2D eigenvalue weighted by atomic mass is 32.2. The normalized spacial score (nSPS) is 10.9. The van der Waals surface area contributed by atoms with Crippen LogP contribution in [-0.4, -0.2) is 26.6 Å². The highest BCUT2D eigenvalue weighted by Gasteiger charge is 2.16. The molecule has 3 aromatic carbocycles. The van der Waals surface area contributed by atoms with Gasteiger partial charge in [-0.2, -0.15) is 0 Å². The molecule has 0 aliphatic heterocycles. The quantitative estimate of drug-likeness (QED) is 0.324. The minimum Gasteiger partial charge on any atom is -0.490 e. The number of nitro benzene ring substituents is 1. The van der Waals surface area contributed by atoms with Crippen LogP contribution in [0.2, 0.25) is 0 Å². The molecule has 0 amide bonds. The molecule has 8 nitrogen and oxygen atoms in total. The van der Waals surface area contributed by atoms with Crippen LogP contribution >= 0.6 is 0 Å². The Morgan fingerprint density at radius 2 is 1.34 bits per heavy atom. The summed E-state index contributed by atoms with van der Waals surface area (Å²) in [5, 5.41) is 10.7. The third-order valence-electron chi connectivity index (χ3n) is 3.83. The van der Waals surface area contributed by atoms with E-state index in [9.17, 15) is 18.5 Å². The van der Waals surface area contributed by atoms with Crippen LogP contribution in [0.5, 0.6) is 11.5 Å². The Morgan fingerprint density at radius 3 is 1.90 bits per heavy atom. The second-order valence-corrected chi connectivity index (χ2v) is 7.57. The van der Waals surface area contributed by atoms with Crippen LogP contribution in [0, 0.1) is 10.1 Å². The average Bonchev–Trinajstić information content (AvgIpc) is 2.73. The molecule has 9 heteroatoms. The molecule has 0 atom stereocenters. The van der Waals surface area contributed by atoms with Gasteiger partial charge < -0.3 is 9.47 Å². The molecule has 3 aromatic rings. The molecule has 29 heavy (non-hydrogen) atoms. The smallest absolute Gasteiger partial charge is 0.269 e. The molecule has 0 saturated carbocycles. The van der Waals surface area contributed by atoms with Gasteiger partial charge >= 0.3 is 0 Å². The molecule has 0 aliphatic carbocycles. The third kappa shape index (κ3) is 5.69. The molecular weight excluding hydrogens is 396 g/mol. The van der Waals surface area contributed by atoms with Gasteiger partial charge in [0, 0.05) is 17.8 Å². The van der Waals surface area contributed by atoms with Crippen LogP contribution in [0.25, 0.3) is 0 Å². The maximum Gasteiger partial charge on any atom is 0.269 e. The van der Waals surface area contributed by atoms with Crippen LogP contribution in [-0.2, 0) is 10.0 Å². The Hall–Kier alpha value is -3.59. The largest absolute Gasteiger partial charge is 0.490 e. The second-order valence-electron chi connectivity index (χ2n) is 5.89. The number of sulfonamides is 1. The van der Waals surface area contributed by atoms with Crippen molar-refractivity contribution in [3.63, 3.8) is 0 Å². The van der Waals surface area contributed by atoms with E-state index < -0.39 is 14.9 Å². The summed E-state index contributed by atoms with van der Waals surface area (Å²) in [4.78, 5) is 10.0. The van der Waals surface area contributed by atoms with Crippen molar-refractivity contribution in [3.8, 4) is 11.5 Å². The minimum absolute atomic E-state index is 0.0681. The molecule has 1 N–H and O–H groups in total. The van der Waals surface area contributed by atoms with Crippen LogP contribution in [0.3, 0.4) is 0 Å². The zero-order chi connectivity index (χ0) is 20.7. The van der Waals surface area contributed by atoms with Crippen molar-refractivity contribution in [2.45, 2.75) is 4.90 Å². The predicted molar refractivity (Wildman–Crippen MR) is 108 cm³/mol. The van der Waals surface area contributed by atoms with Crippen molar-refractivity contribution in [2.24, 2.45) is 0 Å². The first-order chi connectivity index (χ1) is 13.9. The van der Waals surface area contributed by atoms with Crippen LogP contribution in [0.1, 0.15) is 0 Å². The Kier molecular flexibility index (Phi) is 6.30. The topological polar surface area (TPSA) is 108 Å². The Morgan fingerprint density at radius 1 is 0.793 bits per heavy atom. The molecule has 0 saturated heterocycles. The Balaban J connectivity index is 1.53. The summed E-state index contributed by atoms with van der Waals surface area (Å²) in [6.45, 7) is 0.710. The summed E-state index contributed by atoms with van der Waals surface area (Å²) in [5.41, 5.74) is 0.165. The number of anilines is 1. The fourth-order valence-corrected chi connectivity index (χ4v) is 3.47.